The van der Waals surface area contributed by atoms with E-state index >= 15 is 0 Å². The Morgan fingerprint density at radius 3 is 2.56 bits per heavy atom. The molecule has 8 rings (SSSR count). The van der Waals surface area contributed by atoms with Gasteiger partial charge in [0.25, 0.3) is 0 Å². The van der Waals surface area contributed by atoms with Gasteiger partial charge in [0.2, 0.25) is 0 Å². The van der Waals surface area contributed by atoms with Crippen LogP contribution in [0.2, 0.25) is 0 Å². The first-order valence-corrected chi connectivity index (χ1v) is 19.6. The van der Waals surface area contributed by atoms with E-state index in [4.69, 9.17) is 23.4 Å². The quantitative estimate of drug-likeness (QED) is 0.341. The SMILES string of the molecule is CC(=O)O[C@@H]([C@H]1C[C@@H](C)[C@H]2[C@H](O1)[C@H](O)[C@@]1(C)[C@@H]3CC[C@H]4C(C)(C)[C@@H](O[C@H]5CN(Cc6cocn6)CCO5)CC[C@@]45C[C@@]35CC[C@]21C)C(C)(C)O. The molecule has 10 nitrogen and oxygen atoms in total. The Hall–Kier alpha value is -1.56. The fourth-order valence-electron chi connectivity index (χ4n) is 14.2. The van der Waals surface area contributed by atoms with E-state index in [9.17, 15) is 15.0 Å². The monoisotopic (exact) mass is 698 g/mol. The fraction of sp³-hybridized carbons (Fsp3) is 0.900. The molecule has 3 heterocycles. The predicted octanol–water partition coefficient (Wildman–Crippen LogP) is 5.73. The van der Waals surface area contributed by atoms with Crippen molar-refractivity contribution in [3.63, 3.8) is 0 Å². The first kappa shape index (κ1) is 35.5. The summed E-state index contributed by atoms with van der Waals surface area (Å²) >= 11 is 0. The molecule has 10 heteroatoms. The van der Waals surface area contributed by atoms with Gasteiger partial charge in [-0.25, -0.2) is 4.98 Å². The summed E-state index contributed by atoms with van der Waals surface area (Å²) in [5, 5.41) is 23.6. The van der Waals surface area contributed by atoms with E-state index in [0.717, 1.165) is 51.0 Å². The van der Waals surface area contributed by atoms with Crippen molar-refractivity contribution in [3.05, 3.63) is 18.4 Å². The van der Waals surface area contributed by atoms with Crippen molar-refractivity contribution in [2.75, 3.05) is 19.7 Å². The van der Waals surface area contributed by atoms with Crippen LogP contribution in [0.1, 0.15) is 112 Å². The Morgan fingerprint density at radius 2 is 1.86 bits per heavy atom. The van der Waals surface area contributed by atoms with E-state index in [-0.39, 0.29) is 52.0 Å². The van der Waals surface area contributed by atoms with E-state index in [1.807, 2.05) is 0 Å². The maximum atomic E-state index is 12.6. The number of hydrogen-bond acceptors (Lipinski definition) is 10. The lowest BCUT2D eigenvalue weighted by Crippen LogP contribution is -2.60. The van der Waals surface area contributed by atoms with Crippen LogP contribution in [-0.4, -0.2) is 88.2 Å². The molecule has 2 aliphatic heterocycles. The molecule has 0 aromatic carbocycles. The zero-order valence-electron chi connectivity index (χ0n) is 31.7. The predicted molar refractivity (Wildman–Crippen MR) is 184 cm³/mol. The maximum absolute atomic E-state index is 12.6. The Kier molecular flexibility index (Phi) is 8.31. The van der Waals surface area contributed by atoms with Crippen LogP contribution in [0.25, 0.3) is 0 Å². The van der Waals surface area contributed by atoms with Crippen molar-refractivity contribution in [2.45, 2.75) is 156 Å². The maximum Gasteiger partial charge on any atom is 0.303 e. The number of esters is 1. The fourth-order valence-corrected chi connectivity index (χ4v) is 14.2. The van der Waals surface area contributed by atoms with Crippen molar-refractivity contribution < 1.29 is 38.4 Å². The third kappa shape index (κ3) is 4.93. The van der Waals surface area contributed by atoms with Crippen LogP contribution < -0.4 is 0 Å². The lowest BCUT2D eigenvalue weighted by molar-refractivity contribution is -0.249. The van der Waals surface area contributed by atoms with Crippen LogP contribution in [-0.2, 0) is 30.3 Å². The Bertz CT molecular complexity index is 1440. The summed E-state index contributed by atoms with van der Waals surface area (Å²) in [5.74, 6) is 1.05. The summed E-state index contributed by atoms with van der Waals surface area (Å²) in [6.07, 6.45) is 9.65. The Morgan fingerprint density at radius 1 is 1.12 bits per heavy atom. The average molecular weight is 699 g/mol. The number of carbonyl (C=O) groups is 1. The highest BCUT2D eigenvalue weighted by Gasteiger charge is 2.84. The molecular weight excluding hydrogens is 636 g/mol. The molecule has 50 heavy (non-hydrogen) atoms. The van der Waals surface area contributed by atoms with Crippen LogP contribution >= 0.6 is 0 Å². The molecule has 7 aliphatic rings. The number of morpholine rings is 1. The number of ether oxygens (including phenoxy) is 4. The molecule has 5 saturated carbocycles. The van der Waals surface area contributed by atoms with Crippen molar-refractivity contribution in [2.24, 2.45) is 50.7 Å². The summed E-state index contributed by atoms with van der Waals surface area (Å²) in [7, 11) is 0. The van der Waals surface area contributed by atoms with E-state index in [1.165, 1.54) is 32.6 Å². The summed E-state index contributed by atoms with van der Waals surface area (Å²) in [5.41, 5.74) is -0.123. The highest BCUT2D eigenvalue weighted by Crippen LogP contribution is 2.89. The molecule has 0 unspecified atom stereocenters. The third-order valence-corrected chi connectivity index (χ3v) is 16.4. The minimum atomic E-state index is -1.26. The number of aromatic nitrogens is 1. The van der Waals surface area contributed by atoms with E-state index in [2.05, 4.69) is 44.5 Å². The number of hydrogen-bond donors (Lipinski definition) is 2. The minimum Gasteiger partial charge on any atom is -0.457 e. The van der Waals surface area contributed by atoms with Gasteiger partial charge in [-0.15, -0.1) is 0 Å². The highest BCUT2D eigenvalue weighted by atomic mass is 16.7. The summed E-state index contributed by atoms with van der Waals surface area (Å²) in [6.45, 7) is 19.8. The number of rotatable bonds is 7. The number of fused-ring (bicyclic) bond motifs is 4. The molecule has 2 N–H and O–H groups in total. The normalized spacial score (nSPS) is 48.7. The average Bonchev–Trinajstić information content (AvgIpc) is 3.33. The molecule has 5 aliphatic carbocycles. The standard InChI is InChI=1S/C40H62N2O8/c1-23-17-26(34(36(5,6)45)48-24(2)43)49-32-31(23)37(7)13-14-40-21-39(40)12-11-29(35(3,4)27(39)9-10-28(40)38(37,8)33(32)44)50-30-19-42(15-16-47-30)18-25-20-46-22-41-25/h20,22-23,26-34,44-45H,9-19,21H2,1-8H3/t23-,26-,27+,28+,29+,30+,31+,32+,33+,34+,37-,38-,39-,40+/m1/s1. The van der Waals surface area contributed by atoms with Gasteiger partial charge >= 0.3 is 5.97 Å². The first-order chi connectivity index (χ1) is 23.5. The van der Waals surface area contributed by atoms with Crippen LogP contribution in [0.4, 0.5) is 0 Å². The molecule has 0 amide bonds. The van der Waals surface area contributed by atoms with Crippen LogP contribution in [0.5, 0.6) is 0 Å². The lowest BCUT2D eigenvalue weighted by Gasteiger charge is -2.64. The van der Waals surface area contributed by atoms with Crippen molar-refractivity contribution >= 4 is 5.97 Å². The van der Waals surface area contributed by atoms with Crippen LogP contribution in [0.15, 0.2) is 17.1 Å². The largest absolute Gasteiger partial charge is 0.457 e. The second kappa shape index (κ2) is 11.7. The molecule has 280 valence electrons. The minimum absolute atomic E-state index is 0.0159. The molecule has 14 atom stereocenters. The van der Waals surface area contributed by atoms with E-state index < -0.39 is 29.9 Å². The molecule has 1 aromatic heterocycles. The topological polar surface area (TPSA) is 124 Å². The number of aliphatic hydroxyl groups excluding tert-OH is 1. The molecule has 0 bridgehead atoms. The number of nitrogens with zero attached hydrogens (tertiary/aromatic N) is 2. The van der Waals surface area contributed by atoms with Gasteiger partial charge in [0.15, 0.2) is 18.8 Å². The van der Waals surface area contributed by atoms with Crippen molar-refractivity contribution in [3.8, 4) is 0 Å². The Balaban J connectivity index is 1.01. The van der Waals surface area contributed by atoms with Gasteiger partial charge in [0.05, 0.1) is 48.9 Å². The number of oxazole rings is 1. The smallest absolute Gasteiger partial charge is 0.303 e. The van der Waals surface area contributed by atoms with Gasteiger partial charge in [-0.3, -0.25) is 9.69 Å². The molecule has 0 radical (unpaired) electrons. The van der Waals surface area contributed by atoms with Gasteiger partial charge in [-0.05, 0) is 111 Å². The molecular formula is C40H62N2O8. The zero-order chi connectivity index (χ0) is 35.6. The number of carbonyl (C=O) groups excluding carboxylic acids is 1. The molecule has 7 fully saturated rings. The van der Waals surface area contributed by atoms with E-state index in [0.29, 0.717) is 30.3 Å². The Labute approximate surface area is 298 Å². The highest BCUT2D eigenvalue weighted by molar-refractivity contribution is 5.66. The summed E-state index contributed by atoms with van der Waals surface area (Å²) in [4.78, 5) is 18.8. The van der Waals surface area contributed by atoms with Crippen molar-refractivity contribution in [1.29, 1.82) is 0 Å². The van der Waals surface area contributed by atoms with Gasteiger partial charge < -0.3 is 33.6 Å². The second-order valence-electron chi connectivity index (χ2n) is 19.4. The van der Waals surface area contributed by atoms with Gasteiger partial charge in [0, 0.05) is 25.4 Å². The van der Waals surface area contributed by atoms with Crippen LogP contribution in [0, 0.1) is 50.7 Å². The molecule has 2 saturated heterocycles. The first-order valence-electron chi connectivity index (χ1n) is 19.6. The van der Waals surface area contributed by atoms with Crippen molar-refractivity contribution in [1.82, 2.24) is 9.88 Å². The molecule has 1 aromatic rings. The summed E-state index contributed by atoms with van der Waals surface area (Å²) < 4.78 is 30.9. The van der Waals surface area contributed by atoms with E-state index in [1.54, 1.807) is 20.1 Å². The van der Waals surface area contributed by atoms with Gasteiger partial charge in [-0.1, -0.05) is 34.6 Å². The van der Waals surface area contributed by atoms with Gasteiger partial charge in [0.1, 0.15) is 6.26 Å². The lowest BCUT2D eigenvalue weighted by atomic mass is 9.41. The summed E-state index contributed by atoms with van der Waals surface area (Å²) in [6, 6.07) is 0. The number of aliphatic hydroxyl groups is 2. The molecule has 2 spiro atoms. The zero-order valence-corrected chi connectivity index (χ0v) is 31.7. The van der Waals surface area contributed by atoms with Crippen LogP contribution in [0.3, 0.4) is 0 Å². The van der Waals surface area contributed by atoms with Gasteiger partial charge in [-0.2, -0.15) is 0 Å². The second-order valence-corrected chi connectivity index (χ2v) is 19.4. The third-order valence-electron chi connectivity index (χ3n) is 16.4.